The van der Waals surface area contributed by atoms with E-state index in [4.69, 9.17) is 23.2 Å². The van der Waals surface area contributed by atoms with Gasteiger partial charge in [-0.05, 0) is 88.1 Å². The summed E-state index contributed by atoms with van der Waals surface area (Å²) in [5, 5.41) is 12.4. The first-order valence-corrected chi connectivity index (χ1v) is 12.6. The molecule has 0 spiro atoms. The first-order chi connectivity index (χ1) is 16.6. The molecule has 4 aromatic rings. The highest BCUT2D eigenvalue weighted by Crippen LogP contribution is 2.43. The van der Waals surface area contributed by atoms with Crippen LogP contribution in [0.1, 0.15) is 26.3 Å². The Labute approximate surface area is 219 Å². The molecule has 1 N–H and O–H groups in total. The summed E-state index contributed by atoms with van der Waals surface area (Å²) in [6, 6.07) is 26.5. The molecule has 4 aromatic carbocycles. The normalized spacial score (nSPS) is 11.3. The molecule has 0 radical (unpaired) electrons. The van der Waals surface area contributed by atoms with Crippen molar-refractivity contribution in [1.82, 2.24) is 0 Å². The van der Waals surface area contributed by atoms with Crippen LogP contribution in [0.4, 0.5) is 11.4 Å². The summed E-state index contributed by atoms with van der Waals surface area (Å²) in [4.78, 5) is 11.5. The number of rotatable bonds is 6. The van der Waals surface area contributed by atoms with Gasteiger partial charge in [0.2, 0.25) is 0 Å². The topological polar surface area (TPSA) is 55.2 Å². The highest BCUT2D eigenvalue weighted by molar-refractivity contribution is 8.00. The zero-order valence-electron chi connectivity index (χ0n) is 19.5. The Hall–Kier alpha value is -2.99. The van der Waals surface area contributed by atoms with Crippen LogP contribution in [-0.4, -0.2) is 4.92 Å². The summed E-state index contributed by atoms with van der Waals surface area (Å²) in [5.74, 6) is 0. The van der Waals surface area contributed by atoms with Crippen molar-refractivity contribution in [2.45, 2.75) is 31.1 Å². The highest BCUT2D eigenvalue weighted by atomic mass is 35.5. The zero-order valence-corrected chi connectivity index (χ0v) is 21.8. The summed E-state index contributed by atoms with van der Waals surface area (Å²) in [5.41, 5.74) is 6.26. The van der Waals surface area contributed by atoms with Gasteiger partial charge in [0.15, 0.2) is 0 Å². The fourth-order valence-corrected chi connectivity index (χ4v) is 4.72. The van der Waals surface area contributed by atoms with Gasteiger partial charge in [0.25, 0.3) is 5.69 Å². The number of nitro groups is 1. The third kappa shape index (κ3) is 5.99. The average molecular weight is 523 g/mol. The van der Waals surface area contributed by atoms with Gasteiger partial charge in [-0.25, -0.2) is 0 Å². The van der Waals surface area contributed by atoms with Gasteiger partial charge in [-0.3, -0.25) is 10.1 Å². The second kappa shape index (κ2) is 10.3. The molecule has 0 atom stereocenters. The maximum atomic E-state index is 11.0. The molecule has 0 aromatic heterocycles. The summed E-state index contributed by atoms with van der Waals surface area (Å²) in [7, 11) is 0. The number of halogens is 2. The Balaban J connectivity index is 1.84. The van der Waals surface area contributed by atoms with Gasteiger partial charge in [0, 0.05) is 32.6 Å². The number of benzene rings is 4. The molecule has 0 saturated heterocycles. The van der Waals surface area contributed by atoms with Gasteiger partial charge < -0.3 is 4.72 Å². The van der Waals surface area contributed by atoms with E-state index in [0.29, 0.717) is 10.0 Å². The van der Waals surface area contributed by atoms with Crippen LogP contribution in [0.25, 0.3) is 22.3 Å². The molecule has 0 amide bonds. The largest absolute Gasteiger partial charge is 0.325 e. The fourth-order valence-electron chi connectivity index (χ4n) is 3.76. The third-order valence-corrected chi connectivity index (χ3v) is 6.92. The fraction of sp³-hybridized carbons (Fsp3) is 0.143. The lowest BCUT2D eigenvalue weighted by molar-refractivity contribution is -0.384. The van der Waals surface area contributed by atoms with E-state index in [9.17, 15) is 10.1 Å². The summed E-state index contributed by atoms with van der Waals surface area (Å²) in [6.07, 6.45) is 0. The number of nitrogens with zero attached hydrogens (tertiary/aromatic N) is 1. The van der Waals surface area contributed by atoms with E-state index in [2.05, 4.69) is 37.6 Å². The number of nitrogens with one attached hydrogen (secondary N) is 1. The minimum atomic E-state index is -0.395. The number of hydrogen-bond acceptors (Lipinski definition) is 4. The molecule has 0 unspecified atom stereocenters. The smallest absolute Gasteiger partial charge is 0.269 e. The molecule has 0 aliphatic heterocycles. The summed E-state index contributed by atoms with van der Waals surface area (Å²) in [6.45, 7) is 6.55. The van der Waals surface area contributed by atoms with Gasteiger partial charge in [-0.2, -0.15) is 0 Å². The Morgan fingerprint density at radius 3 is 1.83 bits per heavy atom. The molecule has 4 nitrogen and oxygen atoms in total. The molecule has 0 saturated carbocycles. The molecule has 4 rings (SSSR count). The molecule has 35 heavy (non-hydrogen) atoms. The monoisotopic (exact) mass is 522 g/mol. The van der Waals surface area contributed by atoms with Crippen LogP contribution in [-0.2, 0) is 5.41 Å². The Kier molecular flexibility index (Phi) is 7.41. The lowest BCUT2D eigenvalue weighted by Crippen LogP contribution is -2.14. The van der Waals surface area contributed by atoms with Crippen LogP contribution < -0.4 is 4.72 Å². The average Bonchev–Trinajstić information content (AvgIpc) is 2.83. The van der Waals surface area contributed by atoms with Gasteiger partial charge in [0.1, 0.15) is 0 Å². The number of non-ortho nitro benzene ring substituents is 1. The molecular weight excluding hydrogens is 499 g/mol. The van der Waals surface area contributed by atoms with Crippen molar-refractivity contribution in [3.63, 3.8) is 0 Å². The van der Waals surface area contributed by atoms with Crippen molar-refractivity contribution in [2.24, 2.45) is 0 Å². The van der Waals surface area contributed by atoms with E-state index in [1.54, 1.807) is 12.1 Å². The van der Waals surface area contributed by atoms with Crippen molar-refractivity contribution in [1.29, 1.82) is 0 Å². The van der Waals surface area contributed by atoms with Crippen molar-refractivity contribution < 1.29 is 4.92 Å². The number of nitro benzene ring substituents is 1. The Morgan fingerprint density at radius 2 is 1.31 bits per heavy atom. The van der Waals surface area contributed by atoms with Crippen molar-refractivity contribution >= 4 is 46.5 Å². The SMILES string of the molecule is CC(C)(C)c1cc(-c2ccc(Cl)cc2)cc(-c2ccc(Cl)cc2)c1NSc1ccc([N+](=O)[O-])cc1. The molecule has 178 valence electrons. The first kappa shape index (κ1) is 25.1. The predicted molar refractivity (Wildman–Crippen MR) is 149 cm³/mol. The van der Waals surface area contributed by atoms with Crippen molar-refractivity contribution in [2.75, 3.05) is 4.72 Å². The lowest BCUT2D eigenvalue weighted by Gasteiger charge is -2.27. The Bertz CT molecular complexity index is 1350. The quantitative estimate of drug-likeness (QED) is 0.155. The predicted octanol–water partition coefficient (Wildman–Crippen LogP) is 9.65. The maximum absolute atomic E-state index is 11.0. The Morgan fingerprint density at radius 1 is 0.771 bits per heavy atom. The molecule has 0 bridgehead atoms. The minimum absolute atomic E-state index is 0.0684. The molecule has 0 fully saturated rings. The van der Waals surface area contributed by atoms with E-state index in [-0.39, 0.29) is 11.1 Å². The second-order valence-corrected chi connectivity index (χ2v) is 10.9. The van der Waals surface area contributed by atoms with E-state index in [1.165, 1.54) is 24.1 Å². The van der Waals surface area contributed by atoms with Crippen LogP contribution >= 0.6 is 35.1 Å². The van der Waals surface area contributed by atoms with Crippen LogP contribution in [0.2, 0.25) is 10.0 Å². The number of anilines is 1. The van der Waals surface area contributed by atoms with Gasteiger partial charge in [-0.1, -0.05) is 68.2 Å². The molecule has 0 heterocycles. The van der Waals surface area contributed by atoms with Gasteiger partial charge in [0.05, 0.1) is 10.6 Å². The maximum Gasteiger partial charge on any atom is 0.269 e. The van der Waals surface area contributed by atoms with Crippen LogP contribution in [0.15, 0.2) is 89.8 Å². The minimum Gasteiger partial charge on any atom is -0.325 e. The van der Waals surface area contributed by atoms with Crippen molar-refractivity contribution in [3.8, 4) is 22.3 Å². The van der Waals surface area contributed by atoms with E-state index in [0.717, 1.165) is 38.4 Å². The van der Waals surface area contributed by atoms with Crippen LogP contribution in [0, 0.1) is 10.1 Å². The molecule has 0 aliphatic rings. The lowest BCUT2D eigenvalue weighted by atomic mass is 9.81. The van der Waals surface area contributed by atoms with Gasteiger partial charge in [-0.15, -0.1) is 0 Å². The second-order valence-electron chi connectivity index (χ2n) is 9.17. The van der Waals surface area contributed by atoms with Gasteiger partial charge >= 0.3 is 0 Å². The van der Waals surface area contributed by atoms with Crippen LogP contribution in [0.5, 0.6) is 0 Å². The summed E-state index contributed by atoms with van der Waals surface area (Å²) < 4.78 is 3.55. The molecular formula is C28H24Cl2N2O2S. The van der Waals surface area contributed by atoms with E-state index >= 15 is 0 Å². The molecule has 0 aliphatic carbocycles. The first-order valence-electron chi connectivity index (χ1n) is 11.0. The standard InChI is InChI=1S/C28H24Cl2N2O2S/c1-28(2,3)26-17-20(18-4-8-21(29)9-5-18)16-25(19-6-10-22(30)11-7-19)27(26)31-35-24-14-12-23(13-15-24)32(33)34/h4-17,31H,1-3H3. The van der Waals surface area contributed by atoms with E-state index in [1.807, 2.05) is 48.5 Å². The summed E-state index contributed by atoms with van der Waals surface area (Å²) >= 11 is 13.7. The van der Waals surface area contributed by atoms with Crippen molar-refractivity contribution in [3.05, 3.63) is 111 Å². The molecule has 7 heteroatoms. The zero-order chi connectivity index (χ0) is 25.2. The number of hydrogen-bond donors (Lipinski definition) is 1. The third-order valence-electron chi connectivity index (χ3n) is 5.60. The van der Waals surface area contributed by atoms with Crippen LogP contribution in [0.3, 0.4) is 0 Å². The van der Waals surface area contributed by atoms with E-state index < -0.39 is 4.92 Å². The highest BCUT2D eigenvalue weighted by Gasteiger charge is 2.23.